The van der Waals surface area contributed by atoms with Crippen LogP contribution in [-0.2, 0) is 12.4 Å². The van der Waals surface area contributed by atoms with E-state index in [4.69, 9.17) is 9.97 Å². The number of pyridine rings is 2. The summed E-state index contributed by atoms with van der Waals surface area (Å²) in [4.78, 5) is 10.0. The molecule has 0 fully saturated rings. The van der Waals surface area contributed by atoms with Gasteiger partial charge in [-0.25, -0.2) is 9.97 Å². The monoisotopic (exact) mass is 951 g/mol. The highest BCUT2D eigenvalue weighted by Gasteiger charge is 2.42. The summed E-state index contributed by atoms with van der Waals surface area (Å²) >= 11 is 0. The fourth-order valence-corrected chi connectivity index (χ4v) is 10.1. The normalized spacial score (nSPS) is 12.0. The number of hydrogen-bond acceptors (Lipinski definition) is 3. The van der Waals surface area contributed by atoms with Gasteiger partial charge in [0.1, 0.15) is 0 Å². The van der Waals surface area contributed by atoms with E-state index in [1.54, 1.807) is 0 Å². The van der Waals surface area contributed by atoms with E-state index < -0.39 is 34.6 Å². The minimum atomic E-state index is -5.21. The third-order valence-electron chi connectivity index (χ3n) is 13.2. The van der Waals surface area contributed by atoms with Crippen molar-refractivity contribution in [2.24, 2.45) is 0 Å². The molecule has 0 aliphatic heterocycles. The Labute approximate surface area is 407 Å². The largest absolute Gasteiger partial charge is 0.417 e. The van der Waals surface area contributed by atoms with Gasteiger partial charge in [0, 0.05) is 54.9 Å². The van der Waals surface area contributed by atoms with Crippen molar-refractivity contribution in [2.75, 3.05) is 0 Å². The number of fused-ring (bicyclic) bond motifs is 6. The van der Waals surface area contributed by atoms with Gasteiger partial charge in [-0.2, -0.15) is 31.6 Å². The molecule has 0 aliphatic rings. The van der Waals surface area contributed by atoms with E-state index >= 15 is 26.3 Å². The van der Waals surface area contributed by atoms with Gasteiger partial charge in [0.15, 0.2) is 0 Å². The van der Waals surface area contributed by atoms with Gasteiger partial charge in [-0.3, -0.25) is 0 Å². The van der Waals surface area contributed by atoms with E-state index in [2.05, 4.69) is 0 Å². The molecule has 5 nitrogen and oxygen atoms in total. The molecule has 11 heteroatoms. The summed E-state index contributed by atoms with van der Waals surface area (Å²) in [7, 11) is 0. The van der Waals surface area contributed by atoms with Crippen molar-refractivity contribution in [2.45, 2.75) is 12.4 Å². The maximum atomic E-state index is 15.1. The Kier molecular flexibility index (Phi) is 10.4. The van der Waals surface area contributed by atoms with Crippen LogP contribution in [0.2, 0.25) is 0 Å². The Morgan fingerprint density at radius 3 is 1.19 bits per heavy atom. The van der Waals surface area contributed by atoms with Crippen molar-refractivity contribution >= 4 is 43.6 Å². The lowest BCUT2D eigenvalue weighted by Crippen LogP contribution is -2.15. The number of para-hydroxylation sites is 2. The second kappa shape index (κ2) is 17.0. The summed E-state index contributed by atoms with van der Waals surface area (Å²) in [5.41, 5.74) is 4.63. The summed E-state index contributed by atoms with van der Waals surface area (Å²) in [6, 6.07) is 64.8. The van der Waals surface area contributed by atoms with Gasteiger partial charge in [-0.15, -0.1) is 0 Å². The van der Waals surface area contributed by atoms with Crippen molar-refractivity contribution in [1.82, 2.24) is 19.1 Å². The number of rotatable bonds is 7. The van der Waals surface area contributed by atoms with Crippen LogP contribution in [-0.4, -0.2) is 19.1 Å². The van der Waals surface area contributed by atoms with Gasteiger partial charge >= 0.3 is 12.4 Å². The lowest BCUT2D eigenvalue weighted by molar-refractivity contribution is -0.142. The standard InChI is InChI=1S/C61H35F6N5/c62-60(63,64)47-20-11-21-48(61(65,66)67)59(47)44-35-58(72-54-27-10-8-19-43(54)46-33-40(29-31-56(46)72)52-25-13-23-50(70-52)38-16-5-2-6-17-38)57(34-41(44)36-68)71-53-26-9-7-18-42(53)45-32-39(28-30-55(45)71)51-24-12-22-49(69-51)37-14-3-1-4-15-37/h1-35H. The molecule has 72 heavy (non-hydrogen) atoms. The topological polar surface area (TPSA) is 59.4 Å². The molecule has 12 aromatic rings. The first-order chi connectivity index (χ1) is 34.9. The first-order valence-corrected chi connectivity index (χ1v) is 22.9. The number of benzene rings is 8. The van der Waals surface area contributed by atoms with E-state index in [1.807, 2.05) is 197 Å². The van der Waals surface area contributed by atoms with Gasteiger partial charge in [-0.1, -0.05) is 127 Å². The zero-order valence-corrected chi connectivity index (χ0v) is 37.7. The van der Waals surface area contributed by atoms with Crippen molar-refractivity contribution in [1.29, 1.82) is 5.26 Å². The third-order valence-corrected chi connectivity index (χ3v) is 13.2. The molecule has 0 saturated carbocycles. The average molecular weight is 952 g/mol. The molecular formula is C61H35F6N5. The van der Waals surface area contributed by atoms with Crippen LogP contribution < -0.4 is 0 Å². The summed E-state index contributed by atoms with van der Waals surface area (Å²) in [6.07, 6.45) is -10.4. The van der Waals surface area contributed by atoms with Gasteiger partial charge in [-0.05, 0) is 84.9 Å². The molecule has 0 radical (unpaired) electrons. The molecular weight excluding hydrogens is 917 g/mol. The van der Waals surface area contributed by atoms with Crippen molar-refractivity contribution < 1.29 is 26.3 Å². The molecule has 0 amide bonds. The van der Waals surface area contributed by atoms with Crippen molar-refractivity contribution in [3.05, 3.63) is 229 Å². The van der Waals surface area contributed by atoms with E-state index in [1.165, 1.54) is 12.1 Å². The second-order valence-electron chi connectivity index (χ2n) is 17.4. The predicted molar refractivity (Wildman–Crippen MR) is 273 cm³/mol. The summed E-state index contributed by atoms with van der Waals surface area (Å²) < 4.78 is 94.2. The fourth-order valence-electron chi connectivity index (χ4n) is 10.1. The zero-order valence-electron chi connectivity index (χ0n) is 37.7. The molecule has 4 aromatic heterocycles. The molecule has 0 spiro atoms. The Morgan fingerprint density at radius 2 is 0.750 bits per heavy atom. The minimum absolute atomic E-state index is 0.237. The van der Waals surface area contributed by atoms with E-state index in [-0.39, 0.29) is 11.3 Å². The molecule has 8 aromatic carbocycles. The molecule has 0 unspecified atom stereocenters. The SMILES string of the molecule is N#Cc1cc(-n2c3ccccc3c3cc(-c4cccc(-c5ccccc5)n4)ccc32)c(-n2c3ccccc3c3cc(-c4cccc(-c5ccccc5)n4)ccc32)cc1-c1c(C(F)(F)F)cccc1C(F)(F)F. The number of alkyl halides is 6. The third kappa shape index (κ3) is 7.43. The van der Waals surface area contributed by atoms with Crippen molar-refractivity contribution in [3.63, 3.8) is 0 Å². The molecule has 0 saturated heterocycles. The molecule has 0 atom stereocenters. The number of aromatic nitrogens is 4. The Hall–Kier alpha value is -9.27. The van der Waals surface area contributed by atoms with E-state index in [0.29, 0.717) is 45.6 Å². The highest BCUT2D eigenvalue weighted by molar-refractivity contribution is 6.13. The van der Waals surface area contributed by atoms with Crippen LogP contribution >= 0.6 is 0 Å². The lowest BCUT2D eigenvalue weighted by Gasteiger charge is -2.23. The maximum absolute atomic E-state index is 15.1. The predicted octanol–water partition coefficient (Wildman–Crippen LogP) is 16.9. The van der Waals surface area contributed by atoms with Gasteiger partial charge in [0.25, 0.3) is 0 Å². The summed E-state index contributed by atoms with van der Waals surface area (Å²) in [5, 5.41) is 14.1. The number of nitrogens with zero attached hydrogens (tertiary/aromatic N) is 5. The van der Waals surface area contributed by atoms with E-state index in [9.17, 15) is 5.26 Å². The zero-order chi connectivity index (χ0) is 49.3. The van der Waals surface area contributed by atoms with E-state index in [0.717, 1.165) is 66.9 Å². The highest BCUT2D eigenvalue weighted by atomic mass is 19.4. The van der Waals surface area contributed by atoms with Gasteiger partial charge in [0.05, 0.1) is 79.0 Å². The Bertz CT molecular complexity index is 4110. The first kappa shape index (κ1) is 44.0. The highest BCUT2D eigenvalue weighted by Crippen LogP contribution is 2.48. The smallest absolute Gasteiger partial charge is 0.307 e. The van der Waals surface area contributed by atoms with Crippen LogP contribution in [0.4, 0.5) is 26.3 Å². The lowest BCUT2D eigenvalue weighted by atomic mass is 9.89. The number of hydrogen-bond donors (Lipinski definition) is 0. The maximum Gasteiger partial charge on any atom is 0.417 e. The molecule has 346 valence electrons. The van der Waals surface area contributed by atoms with Crippen LogP contribution in [0.15, 0.2) is 212 Å². The fraction of sp³-hybridized carbons (Fsp3) is 0.0328. The molecule has 0 bridgehead atoms. The summed E-state index contributed by atoms with van der Waals surface area (Å²) in [6.45, 7) is 0. The quantitative estimate of drug-likeness (QED) is 0.150. The Morgan fingerprint density at radius 1 is 0.361 bits per heavy atom. The first-order valence-electron chi connectivity index (χ1n) is 22.9. The van der Waals surface area contributed by atoms with Gasteiger partial charge < -0.3 is 9.13 Å². The van der Waals surface area contributed by atoms with Crippen molar-refractivity contribution in [3.8, 4) is 73.6 Å². The molecule has 0 aliphatic carbocycles. The van der Waals surface area contributed by atoms with Crippen LogP contribution in [0, 0.1) is 11.3 Å². The van der Waals surface area contributed by atoms with Gasteiger partial charge in [0.2, 0.25) is 0 Å². The second-order valence-corrected chi connectivity index (χ2v) is 17.4. The number of nitriles is 1. The molecule has 12 rings (SSSR count). The summed E-state index contributed by atoms with van der Waals surface area (Å²) in [5.74, 6) is 0. The van der Waals surface area contributed by atoms with Crippen LogP contribution in [0.25, 0.3) is 111 Å². The van der Waals surface area contributed by atoms with Crippen LogP contribution in [0.5, 0.6) is 0 Å². The van der Waals surface area contributed by atoms with Crippen LogP contribution in [0.3, 0.4) is 0 Å². The minimum Gasteiger partial charge on any atom is -0.307 e. The number of halogens is 6. The van der Waals surface area contributed by atoms with Crippen LogP contribution in [0.1, 0.15) is 16.7 Å². The molecule has 0 N–H and O–H groups in total. The average Bonchev–Trinajstić information content (AvgIpc) is 3.92. The molecule has 4 heterocycles. The Balaban J connectivity index is 1.15.